The molecule has 5 N–H and O–H groups in total. The molecule has 0 aliphatic rings. The van der Waals surface area contributed by atoms with E-state index in [-0.39, 0.29) is 48.5 Å². The molecule has 0 aliphatic heterocycles. The number of carbonyl (C=O) groups is 2. The minimum absolute atomic E-state index is 0. The summed E-state index contributed by atoms with van der Waals surface area (Å²) >= 11 is 5.92. The van der Waals surface area contributed by atoms with Crippen molar-refractivity contribution in [3.05, 3.63) is 107 Å². The van der Waals surface area contributed by atoms with Crippen LogP contribution in [0.2, 0.25) is 5.02 Å². The fraction of sp³-hybridized carbons (Fsp3) is 0.152. The second-order valence-corrected chi connectivity index (χ2v) is 10.0. The molecule has 222 valence electrons. The summed E-state index contributed by atoms with van der Waals surface area (Å²) in [6.07, 6.45) is 0.710. The van der Waals surface area contributed by atoms with Gasteiger partial charge in [-0.3, -0.25) is 9.59 Å². The van der Waals surface area contributed by atoms with Gasteiger partial charge in [-0.1, -0.05) is 60.1 Å². The van der Waals surface area contributed by atoms with Gasteiger partial charge in [0, 0.05) is 11.1 Å². The zero-order valence-electron chi connectivity index (χ0n) is 23.1. The van der Waals surface area contributed by atoms with Gasteiger partial charge < -0.3 is 30.9 Å². The van der Waals surface area contributed by atoms with Crippen LogP contribution in [0.4, 0.5) is 5.69 Å². The summed E-state index contributed by atoms with van der Waals surface area (Å²) < 4.78 is 11.8. The highest BCUT2D eigenvalue weighted by atomic mass is 35.5. The minimum Gasteiger partial charge on any atom is -0.506 e. The van der Waals surface area contributed by atoms with Gasteiger partial charge in [0.1, 0.15) is 23.9 Å². The fourth-order valence-electron chi connectivity index (χ4n) is 4.56. The molecule has 5 aromatic rings. The Morgan fingerprint density at radius 3 is 2.26 bits per heavy atom. The summed E-state index contributed by atoms with van der Waals surface area (Å²) in [4.78, 5) is 26.5. The van der Waals surface area contributed by atoms with E-state index in [4.69, 9.17) is 26.8 Å². The Morgan fingerprint density at radius 2 is 1.51 bits per heavy atom. The number of hydrogen-bond acceptors (Lipinski definition) is 6. The monoisotopic (exact) mass is 619 g/mol. The highest BCUT2D eigenvalue weighted by Gasteiger charge is 2.17. The van der Waals surface area contributed by atoms with Crippen LogP contribution in [0.25, 0.3) is 21.5 Å². The average molecular weight is 621 g/mol. The molecule has 10 heteroatoms. The van der Waals surface area contributed by atoms with Gasteiger partial charge in [-0.15, -0.1) is 12.4 Å². The highest BCUT2D eigenvalue weighted by Crippen LogP contribution is 2.31. The van der Waals surface area contributed by atoms with Crippen LogP contribution in [0.5, 0.6) is 17.2 Å². The molecule has 0 fully saturated rings. The number of amides is 2. The molecule has 5 rings (SSSR count). The molecule has 0 saturated carbocycles. The van der Waals surface area contributed by atoms with E-state index in [1.54, 1.807) is 24.3 Å². The van der Waals surface area contributed by atoms with Crippen LogP contribution in [-0.4, -0.2) is 43.2 Å². The Bertz CT molecular complexity index is 1760. The van der Waals surface area contributed by atoms with Crippen molar-refractivity contribution >= 4 is 63.1 Å². The molecular formula is C33H31Cl2N3O5. The number of nitrogens with one attached hydrogen (secondary N) is 2. The molecule has 0 bridgehead atoms. The molecule has 8 nitrogen and oxygen atoms in total. The zero-order chi connectivity index (χ0) is 29.5. The van der Waals surface area contributed by atoms with Crippen LogP contribution in [0.15, 0.2) is 91.0 Å². The van der Waals surface area contributed by atoms with Crippen LogP contribution < -0.4 is 25.8 Å². The van der Waals surface area contributed by atoms with Crippen LogP contribution in [0, 0.1) is 0 Å². The van der Waals surface area contributed by atoms with E-state index in [0.29, 0.717) is 41.7 Å². The summed E-state index contributed by atoms with van der Waals surface area (Å²) in [5.41, 5.74) is 6.57. The van der Waals surface area contributed by atoms with Gasteiger partial charge in [0.25, 0.3) is 11.8 Å². The Kier molecular flexibility index (Phi) is 10.7. The number of benzene rings is 5. The number of halogens is 2. The SMILES string of the molecule is Cl.NCCCOc1cc(C(=O)NCCOc2cc3ccccc3cc2C(=O)Nc2ccc(Cl)cc2O)c2ccccc2c1. The number of rotatable bonds is 11. The van der Waals surface area contributed by atoms with E-state index >= 15 is 0 Å². The third-order valence-corrected chi connectivity index (χ3v) is 6.88. The summed E-state index contributed by atoms with van der Waals surface area (Å²) in [6.45, 7) is 1.28. The lowest BCUT2D eigenvalue weighted by Crippen LogP contribution is -2.28. The molecule has 43 heavy (non-hydrogen) atoms. The smallest absolute Gasteiger partial charge is 0.259 e. The van der Waals surface area contributed by atoms with Crippen molar-refractivity contribution in [2.75, 3.05) is 31.6 Å². The highest BCUT2D eigenvalue weighted by molar-refractivity contribution is 6.30. The topological polar surface area (TPSA) is 123 Å². The van der Waals surface area contributed by atoms with Crippen LogP contribution in [0.3, 0.4) is 0 Å². The largest absolute Gasteiger partial charge is 0.506 e. The van der Waals surface area contributed by atoms with Gasteiger partial charge in [0.2, 0.25) is 0 Å². The molecule has 0 spiro atoms. The third kappa shape index (κ3) is 7.67. The number of nitrogens with two attached hydrogens (primary N) is 1. The number of carbonyl (C=O) groups excluding carboxylic acids is 2. The van der Waals surface area contributed by atoms with E-state index in [1.807, 2.05) is 54.6 Å². The second-order valence-electron chi connectivity index (χ2n) is 9.60. The van der Waals surface area contributed by atoms with Crippen molar-refractivity contribution in [2.24, 2.45) is 5.73 Å². The van der Waals surface area contributed by atoms with Crippen molar-refractivity contribution in [3.8, 4) is 17.2 Å². The molecule has 0 heterocycles. The Labute approximate surface area is 260 Å². The number of aromatic hydroxyl groups is 1. The quantitative estimate of drug-likeness (QED) is 0.0980. The van der Waals surface area contributed by atoms with Gasteiger partial charge in [0.05, 0.1) is 30.0 Å². The van der Waals surface area contributed by atoms with Gasteiger partial charge in [0.15, 0.2) is 0 Å². The average Bonchev–Trinajstić information content (AvgIpc) is 3.00. The van der Waals surface area contributed by atoms with Crippen molar-refractivity contribution in [3.63, 3.8) is 0 Å². The molecule has 0 unspecified atom stereocenters. The van der Waals surface area contributed by atoms with Crippen LogP contribution >= 0.6 is 24.0 Å². The van der Waals surface area contributed by atoms with Gasteiger partial charge in [-0.25, -0.2) is 0 Å². The first-order valence-electron chi connectivity index (χ1n) is 13.5. The number of phenolic OH excluding ortho intramolecular Hbond substituents is 1. The first-order chi connectivity index (χ1) is 20.4. The maximum absolute atomic E-state index is 13.3. The molecule has 0 atom stereocenters. The zero-order valence-corrected chi connectivity index (χ0v) is 24.7. The number of hydrogen-bond donors (Lipinski definition) is 4. The lowest BCUT2D eigenvalue weighted by molar-refractivity contribution is 0.0945. The predicted octanol–water partition coefficient (Wildman–Crippen LogP) is 6.56. The first-order valence-corrected chi connectivity index (χ1v) is 13.9. The lowest BCUT2D eigenvalue weighted by atomic mass is 10.0. The normalized spacial score (nSPS) is 10.7. The number of ether oxygens (including phenoxy) is 2. The molecular weight excluding hydrogens is 589 g/mol. The molecule has 5 aromatic carbocycles. The first kappa shape index (κ1) is 31.4. The van der Waals surface area contributed by atoms with E-state index in [9.17, 15) is 14.7 Å². The molecule has 0 radical (unpaired) electrons. The third-order valence-electron chi connectivity index (χ3n) is 6.64. The lowest BCUT2D eigenvalue weighted by Gasteiger charge is -2.15. The maximum Gasteiger partial charge on any atom is 0.259 e. The number of fused-ring (bicyclic) bond motifs is 2. The molecule has 0 aliphatic carbocycles. The predicted molar refractivity (Wildman–Crippen MR) is 173 cm³/mol. The van der Waals surface area contributed by atoms with Crippen molar-refractivity contribution in [2.45, 2.75) is 6.42 Å². The second kappa shape index (κ2) is 14.6. The van der Waals surface area contributed by atoms with Crippen molar-refractivity contribution < 1.29 is 24.2 Å². The fourth-order valence-corrected chi connectivity index (χ4v) is 4.73. The Balaban J connectivity index is 0.00000423. The van der Waals surface area contributed by atoms with E-state index in [1.165, 1.54) is 12.1 Å². The number of phenols is 1. The van der Waals surface area contributed by atoms with Crippen LogP contribution in [0.1, 0.15) is 27.1 Å². The molecule has 0 aromatic heterocycles. The van der Waals surface area contributed by atoms with E-state index in [2.05, 4.69) is 10.6 Å². The van der Waals surface area contributed by atoms with Gasteiger partial charge in [-0.2, -0.15) is 0 Å². The maximum atomic E-state index is 13.3. The summed E-state index contributed by atoms with van der Waals surface area (Å²) in [5, 5.41) is 19.6. The number of anilines is 1. The summed E-state index contributed by atoms with van der Waals surface area (Å²) in [5.74, 6) is 0.0593. The van der Waals surface area contributed by atoms with Crippen molar-refractivity contribution in [1.29, 1.82) is 0 Å². The Morgan fingerprint density at radius 1 is 0.791 bits per heavy atom. The van der Waals surface area contributed by atoms with E-state index in [0.717, 1.165) is 21.5 Å². The summed E-state index contributed by atoms with van der Waals surface area (Å²) in [6, 6.07) is 26.8. The molecule has 2 amide bonds. The van der Waals surface area contributed by atoms with Crippen molar-refractivity contribution in [1.82, 2.24) is 5.32 Å². The standard InChI is InChI=1S/C33H30ClN3O5.ClH/c34-24-10-11-29(30(38)19-24)37-33(40)28-17-21-6-1-2-7-22(21)18-31(28)42-15-13-36-32(39)27-20-25(41-14-5-12-35)16-23-8-3-4-9-26(23)27;/h1-4,6-11,16-20,38H,5,12-15,35H2,(H,36,39)(H,37,40);1H. The minimum atomic E-state index is -0.463. The molecule has 0 saturated heterocycles. The summed E-state index contributed by atoms with van der Waals surface area (Å²) in [7, 11) is 0. The van der Waals surface area contributed by atoms with Crippen LogP contribution in [-0.2, 0) is 0 Å². The van der Waals surface area contributed by atoms with Gasteiger partial charge in [-0.05, 0) is 70.9 Å². The van der Waals surface area contributed by atoms with E-state index < -0.39 is 5.91 Å². The van der Waals surface area contributed by atoms with Gasteiger partial charge >= 0.3 is 0 Å². The Hall–Kier alpha value is -4.50.